The molecule has 25 heavy (non-hydrogen) atoms. The van der Waals surface area contributed by atoms with Crippen molar-refractivity contribution >= 4 is 34.1 Å². The van der Waals surface area contributed by atoms with Gasteiger partial charge in [0.25, 0.3) is 0 Å². The molecule has 0 atom stereocenters. The van der Waals surface area contributed by atoms with Gasteiger partial charge in [0.15, 0.2) is 0 Å². The molecule has 1 aromatic heterocycles. The van der Waals surface area contributed by atoms with Gasteiger partial charge in [0.2, 0.25) is 11.8 Å². The number of likely N-dealkylation sites (N-methyl/N-ethyl adjacent to an activating group) is 1. The first-order valence-corrected chi connectivity index (χ1v) is 9.18. The van der Waals surface area contributed by atoms with E-state index >= 15 is 0 Å². The van der Waals surface area contributed by atoms with Gasteiger partial charge in [-0.15, -0.1) is 11.3 Å². The van der Waals surface area contributed by atoms with Crippen molar-refractivity contribution in [3.8, 4) is 0 Å². The van der Waals surface area contributed by atoms with Crippen LogP contribution in [-0.4, -0.2) is 55.5 Å². The van der Waals surface area contributed by atoms with E-state index in [4.69, 9.17) is 4.74 Å². The van der Waals surface area contributed by atoms with Gasteiger partial charge in [-0.05, 0) is 46.2 Å². The number of rotatable bonds is 8. The van der Waals surface area contributed by atoms with Crippen LogP contribution in [0.3, 0.4) is 0 Å². The smallest absolute Gasteiger partial charge is 0.341 e. The van der Waals surface area contributed by atoms with E-state index in [0.29, 0.717) is 16.6 Å². The van der Waals surface area contributed by atoms with E-state index in [1.807, 2.05) is 13.8 Å². The summed E-state index contributed by atoms with van der Waals surface area (Å²) >= 11 is 1.35. The van der Waals surface area contributed by atoms with E-state index in [1.165, 1.54) is 11.3 Å². The fraction of sp³-hybridized carbons (Fsp3) is 0.588. The maximum atomic E-state index is 12.3. The minimum Gasteiger partial charge on any atom is -0.462 e. The fourth-order valence-corrected chi connectivity index (χ4v) is 3.44. The second-order valence-corrected chi connectivity index (χ2v) is 7.49. The Morgan fingerprint density at radius 2 is 1.84 bits per heavy atom. The Bertz CT molecular complexity index is 667. The summed E-state index contributed by atoms with van der Waals surface area (Å²) in [5.41, 5.74) is 1.22. The van der Waals surface area contributed by atoms with Crippen molar-refractivity contribution in [1.29, 1.82) is 0 Å². The number of nitrogens with zero attached hydrogens (tertiary/aromatic N) is 1. The molecule has 0 unspecified atom stereocenters. The first-order valence-electron chi connectivity index (χ1n) is 8.36. The third kappa shape index (κ3) is 5.54. The molecular weight excluding hydrogens is 342 g/mol. The lowest BCUT2D eigenvalue weighted by molar-refractivity contribution is -0.123. The number of aryl methyl sites for hydroxylation is 1. The molecule has 1 aliphatic carbocycles. The predicted molar refractivity (Wildman–Crippen MR) is 97.0 cm³/mol. The zero-order chi connectivity index (χ0) is 18.6. The van der Waals surface area contributed by atoms with Crippen molar-refractivity contribution in [1.82, 2.24) is 10.2 Å². The van der Waals surface area contributed by atoms with Crippen molar-refractivity contribution in [2.45, 2.75) is 39.7 Å². The fourth-order valence-electron chi connectivity index (χ4n) is 2.38. The molecule has 0 spiro atoms. The molecule has 1 heterocycles. The van der Waals surface area contributed by atoms with E-state index in [1.54, 1.807) is 18.9 Å². The molecule has 138 valence electrons. The van der Waals surface area contributed by atoms with Crippen molar-refractivity contribution in [2.75, 3.05) is 32.1 Å². The van der Waals surface area contributed by atoms with E-state index in [-0.39, 0.29) is 31.5 Å². The summed E-state index contributed by atoms with van der Waals surface area (Å²) in [5.74, 6) is -0.779. The number of ether oxygens (including phenoxy) is 1. The molecule has 0 bridgehead atoms. The molecule has 1 aromatic rings. The van der Waals surface area contributed by atoms with Gasteiger partial charge in [0.05, 0.1) is 25.3 Å². The number of nitrogens with one attached hydrogen (secondary N) is 2. The summed E-state index contributed by atoms with van der Waals surface area (Å²) in [6.07, 6.45) is 2.06. The lowest BCUT2D eigenvalue weighted by Crippen LogP contribution is -2.39. The molecule has 1 saturated carbocycles. The van der Waals surface area contributed by atoms with Crippen LogP contribution in [0.15, 0.2) is 0 Å². The molecule has 0 aromatic carbocycles. The number of carbonyl (C=O) groups is 3. The second kappa shape index (κ2) is 8.44. The molecule has 0 saturated heterocycles. The standard InChI is InChI=1S/C17H25N3O4S/c1-5-24-17(23)15-10(2)11(3)25-16(15)19-14(22)9-20(4)8-13(21)18-12-6-7-12/h12H,5-9H2,1-4H3,(H,18,21)(H,19,22). The van der Waals surface area contributed by atoms with Crippen LogP contribution in [0.2, 0.25) is 0 Å². The van der Waals surface area contributed by atoms with Crippen LogP contribution < -0.4 is 10.6 Å². The van der Waals surface area contributed by atoms with E-state index in [9.17, 15) is 14.4 Å². The molecule has 8 heteroatoms. The molecule has 2 amide bonds. The van der Waals surface area contributed by atoms with E-state index < -0.39 is 5.97 Å². The maximum absolute atomic E-state index is 12.3. The number of thiophene rings is 1. The summed E-state index contributed by atoms with van der Waals surface area (Å²) in [6, 6.07) is 0.305. The zero-order valence-corrected chi connectivity index (χ0v) is 15.9. The van der Waals surface area contributed by atoms with Crippen LogP contribution in [0.25, 0.3) is 0 Å². The SMILES string of the molecule is CCOC(=O)c1c(NC(=O)CN(C)CC(=O)NC2CC2)sc(C)c1C. The van der Waals surface area contributed by atoms with Crippen LogP contribution in [0, 0.1) is 13.8 Å². The average Bonchev–Trinajstić information content (AvgIpc) is 3.25. The third-order valence-corrected chi connectivity index (χ3v) is 5.01. The molecule has 0 aliphatic heterocycles. The molecular formula is C17H25N3O4S. The van der Waals surface area contributed by atoms with Gasteiger partial charge in [-0.1, -0.05) is 0 Å². The largest absolute Gasteiger partial charge is 0.462 e. The molecule has 1 aliphatic rings. The van der Waals surface area contributed by atoms with E-state index in [0.717, 1.165) is 23.3 Å². The van der Waals surface area contributed by atoms with Gasteiger partial charge >= 0.3 is 5.97 Å². The molecule has 2 N–H and O–H groups in total. The Labute approximate surface area is 151 Å². The number of hydrogen-bond acceptors (Lipinski definition) is 6. The highest BCUT2D eigenvalue weighted by atomic mass is 32.1. The Morgan fingerprint density at radius 3 is 2.44 bits per heavy atom. The monoisotopic (exact) mass is 367 g/mol. The van der Waals surface area contributed by atoms with Crippen LogP contribution in [0.5, 0.6) is 0 Å². The minimum atomic E-state index is -0.434. The first kappa shape index (κ1) is 19.4. The molecule has 2 rings (SSSR count). The van der Waals surface area contributed by atoms with Crippen LogP contribution >= 0.6 is 11.3 Å². The normalized spacial score (nSPS) is 13.6. The van der Waals surface area contributed by atoms with Gasteiger partial charge in [-0.2, -0.15) is 0 Å². The quantitative estimate of drug-likeness (QED) is 0.683. The number of amides is 2. The molecule has 1 fully saturated rings. The summed E-state index contributed by atoms with van der Waals surface area (Å²) in [4.78, 5) is 38.8. The number of hydrogen-bond donors (Lipinski definition) is 2. The minimum absolute atomic E-state index is 0.0658. The number of esters is 1. The Kier molecular flexibility index (Phi) is 6.55. The van der Waals surface area contributed by atoms with Crippen molar-refractivity contribution < 1.29 is 19.1 Å². The summed E-state index contributed by atoms with van der Waals surface area (Å²) in [6.45, 7) is 5.98. The highest BCUT2D eigenvalue weighted by Gasteiger charge is 2.25. The summed E-state index contributed by atoms with van der Waals surface area (Å²) in [7, 11) is 1.71. The van der Waals surface area contributed by atoms with Crippen molar-refractivity contribution in [2.24, 2.45) is 0 Å². The maximum Gasteiger partial charge on any atom is 0.341 e. The van der Waals surface area contributed by atoms with Crippen molar-refractivity contribution in [3.63, 3.8) is 0 Å². The molecule has 0 radical (unpaired) electrons. The molecule has 7 nitrogen and oxygen atoms in total. The summed E-state index contributed by atoms with van der Waals surface area (Å²) in [5, 5.41) is 6.15. The highest BCUT2D eigenvalue weighted by Crippen LogP contribution is 2.33. The van der Waals surface area contributed by atoms with Crippen LogP contribution in [-0.2, 0) is 14.3 Å². The Balaban J connectivity index is 1.94. The number of carbonyl (C=O) groups excluding carboxylic acids is 3. The average molecular weight is 367 g/mol. The lowest BCUT2D eigenvalue weighted by atomic mass is 10.1. The highest BCUT2D eigenvalue weighted by molar-refractivity contribution is 7.16. The zero-order valence-electron chi connectivity index (χ0n) is 15.1. The third-order valence-electron chi connectivity index (χ3n) is 3.89. The Hall–Kier alpha value is -1.93. The van der Waals surface area contributed by atoms with Crippen molar-refractivity contribution in [3.05, 3.63) is 16.0 Å². The van der Waals surface area contributed by atoms with Gasteiger partial charge in [-0.3, -0.25) is 14.5 Å². The second-order valence-electron chi connectivity index (χ2n) is 6.27. The van der Waals surface area contributed by atoms with E-state index in [2.05, 4.69) is 10.6 Å². The van der Waals surface area contributed by atoms with Crippen LogP contribution in [0.1, 0.15) is 40.6 Å². The van der Waals surface area contributed by atoms with Gasteiger partial charge in [0, 0.05) is 10.9 Å². The first-order chi connectivity index (χ1) is 11.8. The summed E-state index contributed by atoms with van der Waals surface area (Å²) < 4.78 is 5.07. The topological polar surface area (TPSA) is 87.7 Å². The predicted octanol–water partition coefficient (Wildman–Crippen LogP) is 1.69. The Morgan fingerprint density at radius 1 is 1.20 bits per heavy atom. The number of anilines is 1. The lowest BCUT2D eigenvalue weighted by Gasteiger charge is -2.16. The van der Waals surface area contributed by atoms with Gasteiger partial charge in [0.1, 0.15) is 5.00 Å². The van der Waals surface area contributed by atoms with Gasteiger partial charge < -0.3 is 15.4 Å². The van der Waals surface area contributed by atoms with Gasteiger partial charge in [-0.25, -0.2) is 4.79 Å². The van der Waals surface area contributed by atoms with Crippen LogP contribution in [0.4, 0.5) is 5.00 Å².